The molecule has 4 heteroatoms. The number of carboxylic acid groups (broad SMARTS) is 1. The van der Waals surface area contributed by atoms with Crippen molar-refractivity contribution >= 4 is 17.3 Å². The molecular formula is C11H17NO2S. The first kappa shape index (κ1) is 12.2. The molecule has 1 aromatic rings. The Labute approximate surface area is 94.1 Å². The average molecular weight is 227 g/mol. The van der Waals surface area contributed by atoms with E-state index in [-0.39, 0.29) is 0 Å². The van der Waals surface area contributed by atoms with E-state index in [4.69, 9.17) is 5.11 Å². The molecule has 0 saturated carbocycles. The summed E-state index contributed by atoms with van der Waals surface area (Å²) in [5.41, 5.74) is 0. The van der Waals surface area contributed by atoms with Gasteiger partial charge in [-0.25, -0.2) is 0 Å². The maximum atomic E-state index is 10.9. The van der Waals surface area contributed by atoms with Crippen LogP contribution in [0.1, 0.15) is 25.1 Å². The molecule has 1 aromatic heterocycles. The molecular weight excluding hydrogens is 210 g/mol. The first-order valence-corrected chi connectivity index (χ1v) is 5.96. The fraction of sp³-hybridized carbons (Fsp3) is 0.545. The Morgan fingerprint density at radius 2 is 2.33 bits per heavy atom. The van der Waals surface area contributed by atoms with Crippen LogP contribution in [0.2, 0.25) is 0 Å². The van der Waals surface area contributed by atoms with E-state index in [0.717, 1.165) is 0 Å². The van der Waals surface area contributed by atoms with Gasteiger partial charge < -0.3 is 5.11 Å². The highest BCUT2D eigenvalue weighted by molar-refractivity contribution is 7.09. The molecule has 0 aliphatic heterocycles. The summed E-state index contributed by atoms with van der Waals surface area (Å²) in [4.78, 5) is 12.1. The zero-order valence-electron chi connectivity index (χ0n) is 9.06. The standard InChI is InChI=1S/C11H17NO2S/c1-8(2)6-10(11(13)14)12-7-9-4-3-5-15-9/h3-5,8,10,12H,6-7H2,1-2H3,(H,13,14). The number of aliphatic carboxylic acids is 1. The minimum absolute atomic E-state index is 0.391. The lowest BCUT2D eigenvalue weighted by Crippen LogP contribution is -2.37. The first-order chi connectivity index (χ1) is 7.09. The van der Waals surface area contributed by atoms with Gasteiger partial charge in [-0.1, -0.05) is 19.9 Å². The van der Waals surface area contributed by atoms with E-state index in [0.29, 0.717) is 18.9 Å². The van der Waals surface area contributed by atoms with Crippen molar-refractivity contribution < 1.29 is 9.90 Å². The van der Waals surface area contributed by atoms with Gasteiger partial charge in [0, 0.05) is 11.4 Å². The van der Waals surface area contributed by atoms with Gasteiger partial charge in [-0.05, 0) is 23.8 Å². The average Bonchev–Trinajstić information content (AvgIpc) is 2.63. The minimum Gasteiger partial charge on any atom is -0.480 e. The Kier molecular flexibility index (Phi) is 4.78. The Hall–Kier alpha value is -0.870. The molecule has 3 nitrogen and oxygen atoms in total. The lowest BCUT2D eigenvalue weighted by Gasteiger charge is -2.15. The van der Waals surface area contributed by atoms with Gasteiger partial charge in [-0.15, -0.1) is 11.3 Å². The van der Waals surface area contributed by atoms with Crippen molar-refractivity contribution in [3.63, 3.8) is 0 Å². The molecule has 1 unspecified atom stereocenters. The summed E-state index contributed by atoms with van der Waals surface area (Å²) in [6.45, 7) is 4.70. The zero-order valence-corrected chi connectivity index (χ0v) is 9.88. The molecule has 1 heterocycles. The van der Waals surface area contributed by atoms with Gasteiger partial charge >= 0.3 is 5.97 Å². The van der Waals surface area contributed by atoms with Crippen molar-refractivity contribution in [2.45, 2.75) is 32.9 Å². The van der Waals surface area contributed by atoms with Crippen molar-refractivity contribution in [3.8, 4) is 0 Å². The quantitative estimate of drug-likeness (QED) is 0.784. The van der Waals surface area contributed by atoms with Crippen molar-refractivity contribution in [3.05, 3.63) is 22.4 Å². The number of carboxylic acids is 1. The summed E-state index contributed by atoms with van der Waals surface area (Å²) in [5, 5.41) is 14.1. The summed E-state index contributed by atoms with van der Waals surface area (Å²) in [6.07, 6.45) is 0.667. The van der Waals surface area contributed by atoms with Crippen LogP contribution in [0, 0.1) is 5.92 Å². The Balaban J connectivity index is 2.41. The third-order valence-electron chi connectivity index (χ3n) is 2.11. The highest BCUT2D eigenvalue weighted by Gasteiger charge is 2.17. The van der Waals surface area contributed by atoms with Gasteiger partial charge in [0.25, 0.3) is 0 Å². The molecule has 0 amide bonds. The van der Waals surface area contributed by atoms with Crippen LogP contribution in [-0.2, 0) is 11.3 Å². The fourth-order valence-corrected chi connectivity index (χ4v) is 2.04. The van der Waals surface area contributed by atoms with Crippen LogP contribution in [0.4, 0.5) is 0 Å². The van der Waals surface area contributed by atoms with Crippen molar-refractivity contribution in [1.29, 1.82) is 0 Å². The molecule has 0 fully saturated rings. The van der Waals surface area contributed by atoms with Gasteiger partial charge in [-0.3, -0.25) is 10.1 Å². The topological polar surface area (TPSA) is 49.3 Å². The van der Waals surface area contributed by atoms with E-state index < -0.39 is 12.0 Å². The molecule has 84 valence electrons. The normalized spacial score (nSPS) is 13.0. The predicted octanol–water partition coefficient (Wildman–Crippen LogP) is 2.34. The number of hydrogen-bond acceptors (Lipinski definition) is 3. The number of carbonyl (C=O) groups is 1. The highest BCUT2D eigenvalue weighted by atomic mass is 32.1. The first-order valence-electron chi connectivity index (χ1n) is 5.08. The largest absolute Gasteiger partial charge is 0.480 e. The predicted molar refractivity (Wildman–Crippen MR) is 62.0 cm³/mol. The maximum Gasteiger partial charge on any atom is 0.320 e. The second-order valence-electron chi connectivity index (χ2n) is 3.98. The van der Waals surface area contributed by atoms with E-state index >= 15 is 0 Å². The molecule has 0 radical (unpaired) electrons. The van der Waals surface area contributed by atoms with Gasteiger partial charge in [0.15, 0.2) is 0 Å². The monoisotopic (exact) mass is 227 g/mol. The fourth-order valence-electron chi connectivity index (χ4n) is 1.38. The summed E-state index contributed by atoms with van der Waals surface area (Å²) in [7, 11) is 0. The summed E-state index contributed by atoms with van der Waals surface area (Å²) < 4.78 is 0. The van der Waals surface area contributed by atoms with Crippen LogP contribution < -0.4 is 5.32 Å². The van der Waals surface area contributed by atoms with Crippen molar-refractivity contribution in [2.24, 2.45) is 5.92 Å². The molecule has 1 rings (SSSR count). The molecule has 0 aliphatic rings. The third-order valence-corrected chi connectivity index (χ3v) is 2.98. The van der Waals surface area contributed by atoms with E-state index in [9.17, 15) is 4.79 Å². The number of nitrogens with one attached hydrogen (secondary N) is 1. The Morgan fingerprint density at radius 3 is 2.80 bits per heavy atom. The summed E-state index contributed by atoms with van der Waals surface area (Å²) in [6, 6.07) is 3.54. The molecule has 1 atom stereocenters. The van der Waals surface area contributed by atoms with Crippen LogP contribution >= 0.6 is 11.3 Å². The summed E-state index contributed by atoms with van der Waals surface area (Å²) >= 11 is 1.64. The summed E-state index contributed by atoms with van der Waals surface area (Å²) in [5.74, 6) is -0.373. The van der Waals surface area contributed by atoms with Crippen LogP contribution in [0.15, 0.2) is 17.5 Å². The lowest BCUT2D eigenvalue weighted by atomic mass is 10.0. The van der Waals surface area contributed by atoms with Gasteiger partial charge in [0.1, 0.15) is 6.04 Å². The lowest BCUT2D eigenvalue weighted by molar-refractivity contribution is -0.139. The van der Waals surface area contributed by atoms with Crippen LogP contribution in [0.3, 0.4) is 0 Å². The minimum atomic E-state index is -0.764. The van der Waals surface area contributed by atoms with E-state index in [1.165, 1.54) is 4.88 Å². The number of rotatable bonds is 6. The molecule has 0 aromatic carbocycles. The van der Waals surface area contributed by atoms with Crippen LogP contribution in [0.5, 0.6) is 0 Å². The van der Waals surface area contributed by atoms with Gasteiger partial charge in [0.2, 0.25) is 0 Å². The van der Waals surface area contributed by atoms with Crippen LogP contribution in [-0.4, -0.2) is 17.1 Å². The van der Waals surface area contributed by atoms with Gasteiger partial charge in [0.05, 0.1) is 0 Å². The van der Waals surface area contributed by atoms with Crippen molar-refractivity contribution in [2.75, 3.05) is 0 Å². The number of thiophene rings is 1. The third kappa shape index (κ3) is 4.44. The molecule has 0 saturated heterocycles. The van der Waals surface area contributed by atoms with Gasteiger partial charge in [-0.2, -0.15) is 0 Å². The molecule has 15 heavy (non-hydrogen) atoms. The highest BCUT2D eigenvalue weighted by Crippen LogP contribution is 2.10. The van der Waals surface area contributed by atoms with Crippen molar-refractivity contribution in [1.82, 2.24) is 5.32 Å². The zero-order chi connectivity index (χ0) is 11.3. The molecule has 2 N–H and O–H groups in total. The molecule has 0 spiro atoms. The second kappa shape index (κ2) is 5.88. The Morgan fingerprint density at radius 1 is 1.60 bits per heavy atom. The van der Waals surface area contributed by atoms with E-state index in [2.05, 4.69) is 5.32 Å². The number of hydrogen-bond donors (Lipinski definition) is 2. The molecule has 0 aliphatic carbocycles. The second-order valence-corrected chi connectivity index (χ2v) is 5.01. The Bertz CT molecular complexity index is 296. The van der Waals surface area contributed by atoms with E-state index in [1.54, 1.807) is 11.3 Å². The smallest absolute Gasteiger partial charge is 0.320 e. The molecule has 0 bridgehead atoms. The van der Waals surface area contributed by atoms with E-state index in [1.807, 2.05) is 31.4 Å². The maximum absolute atomic E-state index is 10.9. The SMILES string of the molecule is CC(C)CC(NCc1cccs1)C(=O)O. The van der Waals surface area contributed by atoms with Crippen LogP contribution in [0.25, 0.3) is 0 Å².